The van der Waals surface area contributed by atoms with Crippen molar-refractivity contribution in [3.8, 4) is 0 Å². The molecule has 1 aliphatic heterocycles. The summed E-state index contributed by atoms with van der Waals surface area (Å²) < 4.78 is 0. The largest absolute Gasteiger partial charge is 0.355 e. The van der Waals surface area contributed by atoms with Gasteiger partial charge in [0, 0.05) is 50.3 Å². The molecule has 0 amide bonds. The molecular formula is C15H20N6. The molecule has 6 heteroatoms. The summed E-state index contributed by atoms with van der Waals surface area (Å²) in [6.45, 7) is 3.92. The summed E-state index contributed by atoms with van der Waals surface area (Å²) >= 11 is 0. The second-order valence-corrected chi connectivity index (χ2v) is 5.42. The van der Waals surface area contributed by atoms with Gasteiger partial charge in [-0.1, -0.05) is 0 Å². The Bertz CT molecular complexity index is 588. The molecule has 1 atom stereocenters. The first kappa shape index (κ1) is 13.7. The van der Waals surface area contributed by atoms with E-state index in [1.165, 1.54) is 0 Å². The fraction of sp³-hybridized carbons (Fsp3) is 0.467. The third kappa shape index (κ3) is 3.09. The van der Waals surface area contributed by atoms with E-state index >= 15 is 0 Å². The molecule has 0 saturated carbocycles. The van der Waals surface area contributed by atoms with E-state index in [9.17, 15) is 0 Å². The van der Waals surface area contributed by atoms with Gasteiger partial charge in [0.2, 0.25) is 5.95 Å². The zero-order valence-electron chi connectivity index (χ0n) is 12.5. The molecule has 3 rings (SSSR count). The highest BCUT2D eigenvalue weighted by Crippen LogP contribution is 2.22. The van der Waals surface area contributed by atoms with E-state index in [1.807, 2.05) is 19.1 Å². The second kappa shape index (κ2) is 6.03. The van der Waals surface area contributed by atoms with Crippen molar-refractivity contribution in [1.82, 2.24) is 19.9 Å². The van der Waals surface area contributed by atoms with E-state index in [1.54, 1.807) is 18.7 Å². The second-order valence-electron chi connectivity index (χ2n) is 5.42. The van der Waals surface area contributed by atoms with Gasteiger partial charge >= 0.3 is 0 Å². The zero-order chi connectivity index (χ0) is 14.7. The highest BCUT2D eigenvalue weighted by Gasteiger charge is 2.25. The lowest BCUT2D eigenvalue weighted by Crippen LogP contribution is -2.47. The molecule has 0 N–H and O–H groups in total. The Labute approximate surface area is 124 Å². The van der Waals surface area contributed by atoms with Crippen molar-refractivity contribution in [3.63, 3.8) is 0 Å². The van der Waals surface area contributed by atoms with Crippen LogP contribution in [0, 0.1) is 6.92 Å². The molecule has 1 unspecified atom stereocenters. The van der Waals surface area contributed by atoms with Gasteiger partial charge in [-0.2, -0.15) is 0 Å². The lowest BCUT2D eigenvalue weighted by Gasteiger charge is -2.38. The normalized spacial score (nSPS) is 18.6. The third-order valence-electron chi connectivity index (χ3n) is 3.93. The number of aryl methyl sites for hydroxylation is 1. The van der Waals surface area contributed by atoms with Gasteiger partial charge in [-0.05, 0) is 25.8 Å². The molecular weight excluding hydrogens is 264 g/mol. The average molecular weight is 284 g/mol. The molecule has 0 radical (unpaired) electrons. The fourth-order valence-electron chi connectivity index (χ4n) is 2.73. The predicted molar refractivity (Wildman–Crippen MR) is 82.4 cm³/mol. The summed E-state index contributed by atoms with van der Waals surface area (Å²) in [4.78, 5) is 21.7. The van der Waals surface area contributed by atoms with Gasteiger partial charge < -0.3 is 9.80 Å². The van der Waals surface area contributed by atoms with E-state index in [4.69, 9.17) is 0 Å². The van der Waals surface area contributed by atoms with Crippen molar-refractivity contribution in [2.24, 2.45) is 0 Å². The van der Waals surface area contributed by atoms with Crippen LogP contribution in [0.2, 0.25) is 0 Å². The van der Waals surface area contributed by atoms with Gasteiger partial charge in [0.1, 0.15) is 12.1 Å². The SMILES string of the molecule is Cc1cc(N(C)C2CCCN(c3ncccn3)C2)ncn1. The van der Waals surface area contributed by atoms with Crippen LogP contribution in [0.15, 0.2) is 30.9 Å². The Balaban J connectivity index is 1.74. The quantitative estimate of drug-likeness (QED) is 0.854. The van der Waals surface area contributed by atoms with Crippen LogP contribution in [0.5, 0.6) is 0 Å². The summed E-state index contributed by atoms with van der Waals surface area (Å²) in [5.74, 6) is 1.79. The van der Waals surface area contributed by atoms with Crippen LogP contribution in [0.1, 0.15) is 18.5 Å². The number of hydrogen-bond donors (Lipinski definition) is 0. The summed E-state index contributed by atoms with van der Waals surface area (Å²) in [5, 5.41) is 0. The summed E-state index contributed by atoms with van der Waals surface area (Å²) in [5.41, 5.74) is 0.992. The molecule has 0 aromatic carbocycles. The van der Waals surface area contributed by atoms with Crippen molar-refractivity contribution in [3.05, 3.63) is 36.5 Å². The minimum absolute atomic E-state index is 0.414. The van der Waals surface area contributed by atoms with Crippen LogP contribution < -0.4 is 9.80 Å². The number of likely N-dealkylation sites (N-methyl/N-ethyl adjacent to an activating group) is 1. The highest BCUT2D eigenvalue weighted by atomic mass is 15.3. The fourth-order valence-corrected chi connectivity index (χ4v) is 2.73. The van der Waals surface area contributed by atoms with Crippen LogP contribution in [0.25, 0.3) is 0 Å². The van der Waals surface area contributed by atoms with Crippen LogP contribution >= 0.6 is 0 Å². The van der Waals surface area contributed by atoms with Crippen LogP contribution in [0.3, 0.4) is 0 Å². The third-order valence-corrected chi connectivity index (χ3v) is 3.93. The lowest BCUT2D eigenvalue weighted by molar-refractivity contribution is 0.480. The Morgan fingerprint density at radius 2 is 2.00 bits per heavy atom. The minimum atomic E-state index is 0.414. The van der Waals surface area contributed by atoms with E-state index in [2.05, 4.69) is 36.8 Å². The first-order valence-corrected chi connectivity index (χ1v) is 7.27. The molecule has 6 nitrogen and oxygen atoms in total. The highest BCUT2D eigenvalue weighted by molar-refractivity contribution is 5.41. The molecule has 2 aromatic heterocycles. The van der Waals surface area contributed by atoms with Gasteiger partial charge in [-0.3, -0.25) is 0 Å². The molecule has 1 aliphatic rings. The van der Waals surface area contributed by atoms with E-state index in [0.29, 0.717) is 6.04 Å². The predicted octanol–water partition coefficient (Wildman–Crippen LogP) is 1.68. The van der Waals surface area contributed by atoms with Crippen LogP contribution in [0.4, 0.5) is 11.8 Å². The standard InChI is InChI=1S/C15H20N6/c1-12-9-14(19-11-18-12)20(2)13-5-3-8-21(10-13)15-16-6-4-7-17-15/h4,6-7,9,11,13H,3,5,8,10H2,1-2H3. The Morgan fingerprint density at radius 3 is 2.76 bits per heavy atom. The van der Waals surface area contributed by atoms with Gasteiger partial charge in [-0.15, -0.1) is 0 Å². The Morgan fingerprint density at radius 1 is 1.19 bits per heavy atom. The minimum Gasteiger partial charge on any atom is -0.355 e. The van der Waals surface area contributed by atoms with Gasteiger partial charge in [0.15, 0.2) is 0 Å². The van der Waals surface area contributed by atoms with Crippen molar-refractivity contribution in [1.29, 1.82) is 0 Å². The topological polar surface area (TPSA) is 58.0 Å². The average Bonchev–Trinajstić information content (AvgIpc) is 2.55. The van der Waals surface area contributed by atoms with Gasteiger partial charge in [0.25, 0.3) is 0 Å². The van der Waals surface area contributed by atoms with Crippen molar-refractivity contribution >= 4 is 11.8 Å². The number of piperidine rings is 1. The lowest BCUT2D eigenvalue weighted by atomic mass is 10.0. The Kier molecular flexibility index (Phi) is 3.94. The number of aromatic nitrogens is 4. The molecule has 1 fully saturated rings. The molecule has 0 bridgehead atoms. The van der Waals surface area contributed by atoms with Gasteiger partial charge in [-0.25, -0.2) is 19.9 Å². The van der Waals surface area contributed by atoms with E-state index in [-0.39, 0.29) is 0 Å². The van der Waals surface area contributed by atoms with Crippen LogP contribution in [-0.4, -0.2) is 46.1 Å². The number of nitrogens with zero attached hydrogens (tertiary/aromatic N) is 6. The molecule has 1 saturated heterocycles. The monoisotopic (exact) mass is 284 g/mol. The Hall–Kier alpha value is -2.24. The maximum Gasteiger partial charge on any atom is 0.225 e. The number of hydrogen-bond acceptors (Lipinski definition) is 6. The smallest absolute Gasteiger partial charge is 0.225 e. The molecule has 3 heterocycles. The molecule has 21 heavy (non-hydrogen) atoms. The maximum absolute atomic E-state index is 4.38. The first-order valence-electron chi connectivity index (χ1n) is 7.27. The molecule has 0 aliphatic carbocycles. The van der Waals surface area contributed by atoms with E-state index in [0.717, 1.165) is 43.4 Å². The molecule has 0 spiro atoms. The van der Waals surface area contributed by atoms with Crippen molar-refractivity contribution in [2.75, 3.05) is 29.9 Å². The van der Waals surface area contributed by atoms with Gasteiger partial charge in [0.05, 0.1) is 0 Å². The summed E-state index contributed by atoms with van der Waals surface area (Å²) in [7, 11) is 2.10. The first-order chi connectivity index (χ1) is 10.2. The number of anilines is 2. The number of rotatable bonds is 3. The summed E-state index contributed by atoms with van der Waals surface area (Å²) in [6, 6.07) is 4.29. The maximum atomic E-state index is 4.38. The summed E-state index contributed by atoms with van der Waals surface area (Å²) in [6.07, 6.45) is 7.51. The van der Waals surface area contributed by atoms with Crippen molar-refractivity contribution < 1.29 is 0 Å². The van der Waals surface area contributed by atoms with Crippen molar-refractivity contribution in [2.45, 2.75) is 25.8 Å². The molecule has 110 valence electrons. The van der Waals surface area contributed by atoms with Crippen LogP contribution in [-0.2, 0) is 0 Å². The molecule has 2 aromatic rings. The zero-order valence-corrected chi connectivity index (χ0v) is 12.5. The van der Waals surface area contributed by atoms with E-state index < -0.39 is 0 Å².